The highest BCUT2D eigenvalue weighted by Crippen LogP contribution is 2.24. The van der Waals surface area contributed by atoms with E-state index >= 15 is 0 Å². The van der Waals surface area contributed by atoms with E-state index in [-0.39, 0.29) is 39.7 Å². The maximum atomic E-state index is 12.9. The molecule has 0 bridgehead atoms. The maximum Gasteiger partial charge on any atom is 0.329 e. The van der Waals surface area contributed by atoms with E-state index in [1.165, 1.54) is 0 Å². The Kier molecular flexibility index (Phi) is 5.45. The van der Waals surface area contributed by atoms with Crippen molar-refractivity contribution in [2.24, 2.45) is 5.92 Å². The zero-order valence-electron chi connectivity index (χ0n) is 15.5. The quantitative estimate of drug-likeness (QED) is 0.778. The molecule has 0 aliphatic carbocycles. The number of hydrogen-bond acceptors (Lipinski definition) is 7. The number of aromatic nitrogens is 3. The van der Waals surface area contributed by atoms with Gasteiger partial charge >= 0.3 is 11.7 Å². The molecule has 3 heterocycles. The second-order valence-corrected chi connectivity index (χ2v) is 7.53. The molecule has 0 saturated carbocycles. The SMILES string of the molecule is CCOC(=O)C1CCN(C(=O)c2snc3c(=O)n(C(C)C)c(=O)[nH]c23)CC1. The van der Waals surface area contributed by atoms with Gasteiger partial charge in [-0.1, -0.05) is 0 Å². The molecule has 0 aromatic carbocycles. The van der Waals surface area contributed by atoms with Gasteiger partial charge in [0.25, 0.3) is 11.5 Å². The third-order valence-electron chi connectivity index (χ3n) is 4.68. The van der Waals surface area contributed by atoms with Crippen LogP contribution in [0, 0.1) is 5.92 Å². The van der Waals surface area contributed by atoms with Crippen LogP contribution in [-0.4, -0.2) is 50.4 Å². The smallest absolute Gasteiger partial charge is 0.329 e. The molecule has 0 spiro atoms. The summed E-state index contributed by atoms with van der Waals surface area (Å²) in [4.78, 5) is 53.9. The van der Waals surface area contributed by atoms with E-state index < -0.39 is 11.2 Å². The van der Waals surface area contributed by atoms with E-state index in [9.17, 15) is 19.2 Å². The normalized spacial score (nSPS) is 15.5. The summed E-state index contributed by atoms with van der Waals surface area (Å²) < 4.78 is 10.2. The van der Waals surface area contributed by atoms with Crippen LogP contribution in [0.15, 0.2) is 9.59 Å². The highest BCUT2D eigenvalue weighted by atomic mass is 32.1. The molecule has 1 saturated heterocycles. The van der Waals surface area contributed by atoms with E-state index in [0.29, 0.717) is 32.5 Å². The number of rotatable bonds is 4. The Balaban J connectivity index is 1.85. The molecule has 1 aliphatic rings. The number of esters is 1. The summed E-state index contributed by atoms with van der Waals surface area (Å²) in [5, 5.41) is 0. The molecule has 146 valence electrons. The summed E-state index contributed by atoms with van der Waals surface area (Å²) in [7, 11) is 0. The van der Waals surface area contributed by atoms with Crippen LogP contribution >= 0.6 is 11.5 Å². The molecule has 3 rings (SSSR count). The average Bonchev–Trinajstić information content (AvgIpc) is 3.05. The summed E-state index contributed by atoms with van der Waals surface area (Å²) >= 11 is 0.907. The van der Waals surface area contributed by atoms with Gasteiger partial charge in [-0.25, -0.2) is 4.79 Å². The molecule has 1 amide bonds. The van der Waals surface area contributed by atoms with Crippen molar-refractivity contribution >= 4 is 34.4 Å². The van der Waals surface area contributed by atoms with Crippen molar-refractivity contribution in [3.05, 3.63) is 25.7 Å². The number of fused-ring (bicyclic) bond motifs is 1. The Labute approximate surface area is 159 Å². The number of carbonyl (C=O) groups is 2. The summed E-state index contributed by atoms with van der Waals surface area (Å²) in [6.45, 7) is 6.39. The first kappa shape index (κ1) is 19.3. The minimum absolute atomic E-state index is 0.0954. The third-order valence-corrected chi connectivity index (χ3v) is 5.51. The van der Waals surface area contributed by atoms with Gasteiger partial charge in [-0.3, -0.25) is 19.0 Å². The number of aromatic amines is 1. The highest BCUT2D eigenvalue weighted by Gasteiger charge is 2.30. The van der Waals surface area contributed by atoms with Crippen LogP contribution in [0.3, 0.4) is 0 Å². The maximum absolute atomic E-state index is 12.9. The van der Waals surface area contributed by atoms with Crippen molar-refractivity contribution in [2.45, 2.75) is 39.7 Å². The van der Waals surface area contributed by atoms with E-state index in [1.54, 1.807) is 25.7 Å². The van der Waals surface area contributed by atoms with Gasteiger partial charge in [-0.05, 0) is 45.1 Å². The first-order valence-corrected chi connectivity index (χ1v) is 9.72. The fraction of sp³-hybridized carbons (Fsp3) is 0.588. The fourth-order valence-electron chi connectivity index (χ4n) is 3.26. The standard InChI is InChI=1S/C17H22N4O5S/c1-4-26-16(24)10-5-7-20(8-6-10)15(23)13-11-12(19-27-13)14(22)21(9(2)3)17(25)18-11/h9-10H,4-8H2,1-3H3,(H,18,25). The van der Waals surface area contributed by atoms with Gasteiger partial charge in [0, 0.05) is 19.1 Å². The number of nitrogens with one attached hydrogen (secondary N) is 1. The summed E-state index contributed by atoms with van der Waals surface area (Å²) in [6, 6.07) is -0.312. The lowest BCUT2D eigenvalue weighted by molar-refractivity contribution is -0.149. The van der Waals surface area contributed by atoms with Crippen molar-refractivity contribution in [1.82, 2.24) is 18.8 Å². The van der Waals surface area contributed by atoms with E-state index in [4.69, 9.17) is 4.74 Å². The topological polar surface area (TPSA) is 114 Å². The zero-order valence-corrected chi connectivity index (χ0v) is 16.3. The molecule has 1 fully saturated rings. The van der Waals surface area contributed by atoms with E-state index in [0.717, 1.165) is 16.1 Å². The van der Waals surface area contributed by atoms with Crippen LogP contribution in [0.4, 0.5) is 0 Å². The van der Waals surface area contributed by atoms with Crippen molar-refractivity contribution < 1.29 is 14.3 Å². The van der Waals surface area contributed by atoms with Crippen LogP contribution in [-0.2, 0) is 9.53 Å². The van der Waals surface area contributed by atoms with E-state index in [2.05, 4.69) is 9.36 Å². The molecule has 1 N–H and O–H groups in total. The Bertz CT molecular complexity index is 981. The first-order valence-electron chi connectivity index (χ1n) is 8.95. The second-order valence-electron chi connectivity index (χ2n) is 6.75. The van der Waals surface area contributed by atoms with Crippen molar-refractivity contribution in [3.63, 3.8) is 0 Å². The predicted molar refractivity (Wildman–Crippen MR) is 100 cm³/mol. The number of likely N-dealkylation sites (tertiary alicyclic amines) is 1. The molecule has 10 heteroatoms. The molecule has 27 heavy (non-hydrogen) atoms. The predicted octanol–water partition coefficient (Wildman–Crippen LogP) is 1.14. The number of carbonyl (C=O) groups excluding carboxylic acids is 2. The first-order chi connectivity index (χ1) is 12.8. The molecule has 1 aliphatic heterocycles. The van der Waals surface area contributed by atoms with Crippen LogP contribution in [0.2, 0.25) is 0 Å². The number of nitrogens with zero attached hydrogens (tertiary/aromatic N) is 3. The molecule has 0 unspecified atom stereocenters. The number of H-pyrrole nitrogens is 1. The number of piperidine rings is 1. The van der Waals surface area contributed by atoms with Gasteiger partial charge < -0.3 is 14.6 Å². The van der Waals surface area contributed by atoms with Crippen LogP contribution in [0.1, 0.15) is 49.3 Å². The van der Waals surface area contributed by atoms with Crippen LogP contribution in [0.25, 0.3) is 11.0 Å². The van der Waals surface area contributed by atoms with Crippen LogP contribution < -0.4 is 11.2 Å². The molecular weight excluding hydrogens is 372 g/mol. The number of ether oxygens (including phenoxy) is 1. The average molecular weight is 394 g/mol. The Morgan fingerprint density at radius 1 is 1.30 bits per heavy atom. The molecule has 0 radical (unpaired) electrons. The molecular formula is C17H22N4O5S. The van der Waals surface area contributed by atoms with Crippen molar-refractivity contribution in [2.75, 3.05) is 19.7 Å². The number of hydrogen-bond donors (Lipinski definition) is 1. The lowest BCUT2D eigenvalue weighted by Crippen LogP contribution is -2.41. The molecule has 0 atom stereocenters. The van der Waals surface area contributed by atoms with Crippen LogP contribution in [0.5, 0.6) is 0 Å². The monoisotopic (exact) mass is 394 g/mol. The zero-order chi connectivity index (χ0) is 19.7. The highest BCUT2D eigenvalue weighted by molar-refractivity contribution is 7.09. The summed E-state index contributed by atoms with van der Waals surface area (Å²) in [5.74, 6) is -0.723. The summed E-state index contributed by atoms with van der Waals surface area (Å²) in [6.07, 6.45) is 1.05. The van der Waals surface area contributed by atoms with Crippen molar-refractivity contribution in [1.29, 1.82) is 0 Å². The van der Waals surface area contributed by atoms with Gasteiger partial charge in [0.1, 0.15) is 4.88 Å². The molecule has 9 nitrogen and oxygen atoms in total. The lowest BCUT2D eigenvalue weighted by atomic mass is 9.97. The second kappa shape index (κ2) is 7.63. The largest absolute Gasteiger partial charge is 0.466 e. The Hall–Kier alpha value is -2.49. The summed E-state index contributed by atoms with van der Waals surface area (Å²) in [5.41, 5.74) is -0.777. The Morgan fingerprint density at radius 3 is 2.56 bits per heavy atom. The fourth-order valence-corrected chi connectivity index (χ4v) is 4.06. The van der Waals surface area contributed by atoms with Gasteiger partial charge in [0.05, 0.1) is 18.0 Å². The number of amides is 1. The van der Waals surface area contributed by atoms with Gasteiger partial charge in [0.15, 0.2) is 5.52 Å². The minimum atomic E-state index is -0.558. The lowest BCUT2D eigenvalue weighted by Gasteiger charge is -2.30. The minimum Gasteiger partial charge on any atom is -0.466 e. The van der Waals surface area contributed by atoms with E-state index in [1.807, 2.05) is 0 Å². The van der Waals surface area contributed by atoms with Crippen molar-refractivity contribution in [3.8, 4) is 0 Å². The van der Waals surface area contributed by atoms with Gasteiger partial charge in [0.2, 0.25) is 0 Å². The molecule has 2 aromatic heterocycles. The van der Waals surface area contributed by atoms with Gasteiger partial charge in [-0.2, -0.15) is 4.37 Å². The molecule has 2 aromatic rings. The van der Waals surface area contributed by atoms with Gasteiger partial charge in [-0.15, -0.1) is 0 Å². The third kappa shape index (κ3) is 3.53. The Morgan fingerprint density at radius 2 is 1.96 bits per heavy atom.